The summed E-state index contributed by atoms with van der Waals surface area (Å²) in [6.45, 7) is 1.81. The lowest BCUT2D eigenvalue weighted by Crippen LogP contribution is -2.56. The first-order valence-corrected chi connectivity index (χ1v) is 6.17. The van der Waals surface area contributed by atoms with Gasteiger partial charge in [-0.3, -0.25) is 19.4 Å². The van der Waals surface area contributed by atoms with Crippen molar-refractivity contribution in [2.75, 3.05) is 7.05 Å². The number of barbiturate groups is 1. The third-order valence-electron chi connectivity index (χ3n) is 3.25. The van der Waals surface area contributed by atoms with Crippen molar-refractivity contribution in [3.05, 3.63) is 35.9 Å². The SMILES string of the molecule is CC(Cc1ccccc1)N1C(=O)CC(=O)N(C)C1=O. The van der Waals surface area contributed by atoms with E-state index in [9.17, 15) is 14.4 Å². The average Bonchev–Trinajstić information content (AvgIpc) is 2.37. The molecule has 0 aromatic heterocycles. The fourth-order valence-electron chi connectivity index (χ4n) is 2.19. The molecular weight excluding hydrogens is 244 g/mol. The number of rotatable bonds is 3. The first-order valence-electron chi connectivity index (χ1n) is 6.17. The van der Waals surface area contributed by atoms with Gasteiger partial charge in [0.25, 0.3) is 0 Å². The Morgan fingerprint density at radius 2 is 1.74 bits per heavy atom. The number of hydrogen-bond donors (Lipinski definition) is 0. The summed E-state index contributed by atoms with van der Waals surface area (Å²) in [5.41, 5.74) is 1.05. The van der Waals surface area contributed by atoms with Crippen LogP contribution in [0.3, 0.4) is 0 Å². The van der Waals surface area contributed by atoms with E-state index in [0.717, 1.165) is 10.5 Å². The van der Waals surface area contributed by atoms with Gasteiger partial charge in [-0.2, -0.15) is 0 Å². The highest BCUT2D eigenvalue weighted by Crippen LogP contribution is 2.16. The van der Waals surface area contributed by atoms with Crippen molar-refractivity contribution >= 4 is 17.8 Å². The maximum Gasteiger partial charge on any atom is 0.333 e. The monoisotopic (exact) mass is 260 g/mol. The number of carbonyl (C=O) groups is 3. The van der Waals surface area contributed by atoms with E-state index >= 15 is 0 Å². The molecule has 4 amide bonds. The Hall–Kier alpha value is -2.17. The van der Waals surface area contributed by atoms with Crippen LogP contribution in [0, 0.1) is 0 Å². The van der Waals surface area contributed by atoms with Crippen LogP contribution in [0.25, 0.3) is 0 Å². The van der Waals surface area contributed by atoms with Gasteiger partial charge in [-0.15, -0.1) is 0 Å². The van der Waals surface area contributed by atoms with Gasteiger partial charge in [-0.1, -0.05) is 30.3 Å². The highest BCUT2D eigenvalue weighted by Gasteiger charge is 2.38. The number of amides is 4. The lowest BCUT2D eigenvalue weighted by atomic mass is 10.1. The molecule has 1 aliphatic heterocycles. The Kier molecular flexibility index (Phi) is 3.64. The van der Waals surface area contributed by atoms with Gasteiger partial charge < -0.3 is 0 Å². The van der Waals surface area contributed by atoms with Crippen molar-refractivity contribution < 1.29 is 14.4 Å². The average molecular weight is 260 g/mol. The zero-order valence-corrected chi connectivity index (χ0v) is 11.0. The molecule has 5 nitrogen and oxygen atoms in total. The second-order valence-electron chi connectivity index (χ2n) is 4.71. The second kappa shape index (κ2) is 5.22. The molecule has 19 heavy (non-hydrogen) atoms. The largest absolute Gasteiger partial charge is 0.333 e. The van der Waals surface area contributed by atoms with Gasteiger partial charge in [-0.25, -0.2) is 4.79 Å². The molecule has 0 aliphatic carbocycles. The number of urea groups is 1. The van der Waals surface area contributed by atoms with Crippen molar-refractivity contribution in [1.29, 1.82) is 0 Å². The minimum atomic E-state index is -0.537. The molecule has 1 aliphatic rings. The summed E-state index contributed by atoms with van der Waals surface area (Å²) >= 11 is 0. The van der Waals surface area contributed by atoms with E-state index in [1.807, 2.05) is 37.3 Å². The molecule has 2 rings (SSSR count). The molecule has 0 radical (unpaired) electrons. The topological polar surface area (TPSA) is 57.7 Å². The molecule has 1 aromatic carbocycles. The molecular formula is C14H16N2O3. The molecule has 0 saturated carbocycles. The molecule has 1 fully saturated rings. The number of hydrogen-bond acceptors (Lipinski definition) is 3. The Bertz CT molecular complexity index is 513. The van der Waals surface area contributed by atoms with E-state index in [0.29, 0.717) is 6.42 Å². The van der Waals surface area contributed by atoms with Gasteiger partial charge in [0.05, 0.1) is 0 Å². The summed E-state index contributed by atoms with van der Waals surface area (Å²) in [4.78, 5) is 37.4. The summed E-state index contributed by atoms with van der Waals surface area (Å²) in [7, 11) is 1.40. The molecule has 0 bridgehead atoms. The van der Waals surface area contributed by atoms with Crippen molar-refractivity contribution in [2.45, 2.75) is 25.8 Å². The van der Waals surface area contributed by atoms with Crippen LogP contribution in [-0.2, 0) is 16.0 Å². The molecule has 1 saturated heterocycles. The van der Waals surface area contributed by atoms with Crippen molar-refractivity contribution in [3.63, 3.8) is 0 Å². The predicted molar refractivity (Wildman–Crippen MR) is 69.2 cm³/mol. The molecule has 1 aromatic rings. The lowest BCUT2D eigenvalue weighted by molar-refractivity contribution is -0.142. The Balaban J connectivity index is 2.14. The van der Waals surface area contributed by atoms with Gasteiger partial charge in [-0.05, 0) is 18.9 Å². The second-order valence-corrected chi connectivity index (χ2v) is 4.71. The molecule has 5 heteroatoms. The Labute approximate surface area is 111 Å². The maximum atomic E-state index is 12.0. The highest BCUT2D eigenvalue weighted by atomic mass is 16.2. The van der Waals surface area contributed by atoms with Crippen molar-refractivity contribution in [1.82, 2.24) is 9.80 Å². The van der Waals surface area contributed by atoms with Crippen LogP contribution in [0.5, 0.6) is 0 Å². The summed E-state index contributed by atoms with van der Waals surface area (Å²) in [6, 6.07) is 8.84. The quantitative estimate of drug-likeness (QED) is 0.772. The van der Waals surface area contributed by atoms with Gasteiger partial charge in [0.1, 0.15) is 6.42 Å². The summed E-state index contributed by atoms with van der Waals surface area (Å²) < 4.78 is 0. The number of nitrogens with zero attached hydrogens (tertiary/aromatic N) is 2. The van der Waals surface area contributed by atoms with Crippen LogP contribution in [-0.4, -0.2) is 40.7 Å². The third kappa shape index (κ3) is 2.65. The fraction of sp³-hybridized carbons (Fsp3) is 0.357. The van der Waals surface area contributed by atoms with E-state index in [1.54, 1.807) is 0 Å². The van der Waals surface area contributed by atoms with E-state index in [1.165, 1.54) is 11.9 Å². The summed E-state index contributed by atoms with van der Waals surface area (Å²) in [5, 5.41) is 0. The van der Waals surface area contributed by atoms with Gasteiger partial charge in [0.15, 0.2) is 0 Å². The van der Waals surface area contributed by atoms with Gasteiger partial charge in [0, 0.05) is 13.1 Å². The zero-order valence-electron chi connectivity index (χ0n) is 11.0. The van der Waals surface area contributed by atoms with Crippen LogP contribution < -0.4 is 0 Å². The first-order chi connectivity index (χ1) is 9.00. The van der Waals surface area contributed by atoms with Crippen molar-refractivity contribution in [2.24, 2.45) is 0 Å². The number of carbonyl (C=O) groups excluding carboxylic acids is 3. The first kappa shape index (κ1) is 13.3. The number of benzene rings is 1. The van der Waals surface area contributed by atoms with Crippen LogP contribution in [0.4, 0.5) is 4.79 Å². The molecule has 1 heterocycles. The van der Waals surface area contributed by atoms with Gasteiger partial charge in [0.2, 0.25) is 11.8 Å². The van der Waals surface area contributed by atoms with Gasteiger partial charge >= 0.3 is 6.03 Å². The fourth-order valence-corrected chi connectivity index (χ4v) is 2.19. The van der Waals surface area contributed by atoms with E-state index in [4.69, 9.17) is 0 Å². The molecule has 0 N–H and O–H groups in total. The maximum absolute atomic E-state index is 12.0. The standard InChI is InChI=1S/C14H16N2O3/c1-10(8-11-6-4-3-5-7-11)16-13(18)9-12(17)15(2)14(16)19/h3-7,10H,8-9H2,1-2H3. The minimum Gasteiger partial charge on any atom is -0.274 e. The zero-order chi connectivity index (χ0) is 14.0. The lowest BCUT2D eigenvalue weighted by Gasteiger charge is -2.34. The number of imide groups is 2. The van der Waals surface area contributed by atoms with Crippen LogP contribution in [0.15, 0.2) is 30.3 Å². The van der Waals surface area contributed by atoms with E-state index in [-0.39, 0.29) is 12.5 Å². The third-order valence-corrected chi connectivity index (χ3v) is 3.25. The molecule has 0 spiro atoms. The van der Waals surface area contributed by atoms with Crippen LogP contribution >= 0.6 is 0 Å². The highest BCUT2D eigenvalue weighted by molar-refractivity contribution is 6.14. The summed E-state index contributed by atoms with van der Waals surface area (Å²) in [5.74, 6) is -0.866. The normalized spacial score (nSPS) is 17.9. The molecule has 1 unspecified atom stereocenters. The van der Waals surface area contributed by atoms with E-state index < -0.39 is 17.8 Å². The van der Waals surface area contributed by atoms with E-state index in [2.05, 4.69) is 0 Å². The smallest absolute Gasteiger partial charge is 0.274 e. The van der Waals surface area contributed by atoms with Crippen LogP contribution in [0.1, 0.15) is 18.9 Å². The molecule has 1 atom stereocenters. The summed E-state index contributed by atoms with van der Waals surface area (Å²) in [6.07, 6.45) is 0.349. The Morgan fingerprint density at radius 1 is 1.11 bits per heavy atom. The Morgan fingerprint density at radius 3 is 2.37 bits per heavy atom. The predicted octanol–water partition coefficient (Wildman–Crippen LogP) is 1.43. The minimum absolute atomic E-state index is 0.235. The molecule has 100 valence electrons. The van der Waals surface area contributed by atoms with Crippen molar-refractivity contribution in [3.8, 4) is 0 Å². The van der Waals surface area contributed by atoms with Crippen LogP contribution in [0.2, 0.25) is 0 Å².